The van der Waals surface area contributed by atoms with Crippen LogP contribution in [0.5, 0.6) is 0 Å². The number of fused-ring (bicyclic) bond motifs is 12. The van der Waals surface area contributed by atoms with Crippen molar-refractivity contribution in [3.05, 3.63) is 181 Å². The third-order valence-electron chi connectivity index (χ3n) is 11.4. The normalized spacial score (nSPS) is 13.2. The Balaban J connectivity index is 1.18. The minimum absolute atomic E-state index is 0.121. The molecule has 0 saturated carbocycles. The predicted molar refractivity (Wildman–Crippen MR) is 225 cm³/mol. The first kappa shape index (κ1) is 30.3. The molecule has 53 heavy (non-hydrogen) atoms. The summed E-state index contributed by atoms with van der Waals surface area (Å²) >= 11 is 1.95. The standard InChI is InChI=1S/C50H34N2S/c1-50(2)39-22-12-9-19-36(39)44-45-37-20-10-13-23-42(37)52(48(45)46-38-21-11-14-24-43(38)53-49(46)47(44)50)35-27-25-33(26-28-35)41-30-34(31-15-5-3-6-16-31)29-40(51-41)32-17-7-4-8-18-32/h3-30H,1-2H3. The molecule has 3 heteroatoms. The highest BCUT2D eigenvalue weighted by molar-refractivity contribution is 7.26. The fourth-order valence-electron chi connectivity index (χ4n) is 8.95. The van der Waals surface area contributed by atoms with E-state index in [1.165, 1.54) is 69.8 Å². The Hall–Kier alpha value is -6.29. The van der Waals surface area contributed by atoms with Crippen LogP contribution in [0, 0.1) is 0 Å². The highest BCUT2D eigenvalue weighted by Gasteiger charge is 2.40. The molecule has 0 fully saturated rings. The van der Waals surface area contributed by atoms with Crippen molar-refractivity contribution in [2.24, 2.45) is 0 Å². The second-order valence-corrected chi connectivity index (χ2v) is 15.8. The molecule has 0 spiro atoms. The molecule has 11 rings (SSSR count). The van der Waals surface area contributed by atoms with Crippen LogP contribution in [0.2, 0.25) is 0 Å². The monoisotopic (exact) mass is 694 g/mol. The van der Waals surface area contributed by atoms with Crippen LogP contribution in [-0.4, -0.2) is 9.55 Å². The summed E-state index contributed by atoms with van der Waals surface area (Å²) < 4.78 is 5.24. The summed E-state index contributed by atoms with van der Waals surface area (Å²) in [5.41, 5.74) is 15.6. The maximum absolute atomic E-state index is 5.23. The van der Waals surface area contributed by atoms with Gasteiger partial charge in [-0.25, -0.2) is 4.98 Å². The average Bonchev–Trinajstić information content (AvgIpc) is 3.84. The largest absolute Gasteiger partial charge is 0.309 e. The number of hydrogen-bond donors (Lipinski definition) is 0. The number of para-hydroxylation sites is 1. The van der Waals surface area contributed by atoms with Crippen molar-refractivity contribution in [2.45, 2.75) is 19.3 Å². The van der Waals surface area contributed by atoms with E-state index < -0.39 is 0 Å². The van der Waals surface area contributed by atoms with Gasteiger partial charge in [-0.2, -0.15) is 0 Å². The van der Waals surface area contributed by atoms with E-state index in [4.69, 9.17) is 4.98 Å². The van der Waals surface area contributed by atoms with Crippen molar-refractivity contribution in [3.8, 4) is 50.5 Å². The zero-order valence-corrected chi connectivity index (χ0v) is 30.3. The summed E-state index contributed by atoms with van der Waals surface area (Å²) in [5, 5.41) is 5.31. The van der Waals surface area contributed by atoms with Crippen LogP contribution in [0.4, 0.5) is 0 Å². The molecule has 250 valence electrons. The summed E-state index contributed by atoms with van der Waals surface area (Å²) in [6.45, 7) is 4.82. The van der Waals surface area contributed by atoms with Crippen molar-refractivity contribution in [1.29, 1.82) is 0 Å². The van der Waals surface area contributed by atoms with Crippen molar-refractivity contribution in [2.75, 3.05) is 0 Å². The van der Waals surface area contributed by atoms with E-state index in [1.54, 1.807) is 0 Å². The Morgan fingerprint density at radius 2 is 1.13 bits per heavy atom. The highest BCUT2D eigenvalue weighted by Crippen LogP contribution is 2.58. The van der Waals surface area contributed by atoms with Gasteiger partial charge in [-0.3, -0.25) is 0 Å². The van der Waals surface area contributed by atoms with Gasteiger partial charge in [-0.15, -0.1) is 11.3 Å². The van der Waals surface area contributed by atoms with Crippen LogP contribution in [0.1, 0.15) is 25.0 Å². The maximum atomic E-state index is 5.23. The molecule has 3 heterocycles. The molecule has 10 aromatic rings. The molecule has 0 radical (unpaired) electrons. The van der Waals surface area contributed by atoms with Crippen molar-refractivity contribution in [3.63, 3.8) is 0 Å². The van der Waals surface area contributed by atoms with E-state index >= 15 is 0 Å². The zero-order valence-electron chi connectivity index (χ0n) is 29.5. The third-order valence-corrected chi connectivity index (χ3v) is 12.5. The van der Waals surface area contributed by atoms with Crippen LogP contribution in [-0.2, 0) is 5.41 Å². The van der Waals surface area contributed by atoms with E-state index in [0.29, 0.717) is 0 Å². The third kappa shape index (κ3) is 4.41. The molecule has 7 aromatic carbocycles. The van der Waals surface area contributed by atoms with Crippen LogP contribution in [0.3, 0.4) is 0 Å². The lowest BCUT2D eigenvalue weighted by Crippen LogP contribution is -2.15. The van der Waals surface area contributed by atoms with Gasteiger partial charge in [0.15, 0.2) is 0 Å². The fraction of sp³-hybridized carbons (Fsp3) is 0.0600. The molecule has 2 nitrogen and oxygen atoms in total. The molecule has 1 aliphatic carbocycles. The van der Waals surface area contributed by atoms with Gasteiger partial charge in [0, 0.05) is 53.2 Å². The quantitative estimate of drug-likeness (QED) is 0.179. The number of benzene rings is 7. The first-order valence-electron chi connectivity index (χ1n) is 18.3. The molecule has 0 unspecified atom stereocenters. The molecular weight excluding hydrogens is 661 g/mol. The number of aromatic nitrogens is 2. The van der Waals surface area contributed by atoms with Gasteiger partial charge in [0.05, 0.1) is 22.4 Å². The molecule has 0 atom stereocenters. The minimum Gasteiger partial charge on any atom is -0.309 e. The van der Waals surface area contributed by atoms with Gasteiger partial charge in [0.25, 0.3) is 0 Å². The van der Waals surface area contributed by atoms with Gasteiger partial charge in [0.1, 0.15) is 0 Å². The second-order valence-electron chi connectivity index (χ2n) is 14.7. The number of nitrogens with zero attached hydrogens (tertiary/aromatic N) is 2. The molecule has 0 amide bonds. The van der Waals surface area contributed by atoms with E-state index in [2.05, 4.69) is 188 Å². The number of hydrogen-bond acceptors (Lipinski definition) is 2. The fourth-order valence-corrected chi connectivity index (χ4v) is 10.4. The second kappa shape index (κ2) is 11.4. The highest BCUT2D eigenvalue weighted by atomic mass is 32.1. The van der Waals surface area contributed by atoms with Crippen LogP contribution < -0.4 is 0 Å². The Bertz CT molecular complexity index is 3000. The molecule has 0 saturated heterocycles. The molecule has 0 aliphatic heterocycles. The summed E-state index contributed by atoms with van der Waals surface area (Å²) in [6.07, 6.45) is 0. The zero-order chi connectivity index (χ0) is 35.3. The maximum Gasteiger partial charge on any atom is 0.0715 e. The molecule has 0 bridgehead atoms. The van der Waals surface area contributed by atoms with E-state index in [1.807, 2.05) is 11.3 Å². The lowest BCUT2D eigenvalue weighted by molar-refractivity contribution is 0.667. The Morgan fingerprint density at radius 3 is 1.89 bits per heavy atom. The molecular formula is C50H34N2S. The topological polar surface area (TPSA) is 17.8 Å². The molecule has 3 aromatic heterocycles. The average molecular weight is 695 g/mol. The lowest BCUT2D eigenvalue weighted by Gasteiger charge is -2.22. The Labute approximate surface area is 312 Å². The van der Waals surface area contributed by atoms with Gasteiger partial charge < -0.3 is 4.57 Å². The molecule has 0 N–H and O–H groups in total. The van der Waals surface area contributed by atoms with E-state index in [0.717, 1.165) is 33.8 Å². The van der Waals surface area contributed by atoms with Crippen molar-refractivity contribution in [1.82, 2.24) is 9.55 Å². The smallest absolute Gasteiger partial charge is 0.0715 e. The summed E-state index contributed by atoms with van der Waals surface area (Å²) in [5.74, 6) is 0. The van der Waals surface area contributed by atoms with E-state index in [9.17, 15) is 0 Å². The number of pyridine rings is 1. The first-order chi connectivity index (χ1) is 26.1. The Kier molecular flexibility index (Phi) is 6.50. The predicted octanol–water partition coefficient (Wildman–Crippen LogP) is 13.9. The van der Waals surface area contributed by atoms with Crippen LogP contribution in [0.15, 0.2) is 170 Å². The van der Waals surface area contributed by atoms with Gasteiger partial charge in [0.2, 0.25) is 0 Å². The lowest BCUT2D eigenvalue weighted by atomic mass is 9.81. The van der Waals surface area contributed by atoms with Crippen molar-refractivity contribution < 1.29 is 0 Å². The summed E-state index contributed by atoms with van der Waals surface area (Å²) in [4.78, 5) is 5.23. The Morgan fingerprint density at radius 1 is 0.528 bits per heavy atom. The first-order valence-corrected chi connectivity index (χ1v) is 19.1. The van der Waals surface area contributed by atoms with E-state index in [-0.39, 0.29) is 5.41 Å². The SMILES string of the molecule is CC1(C)c2ccccc2-c2c1c1sc3ccccc3c1c1c2c2ccccc2n1-c1ccc(-c2cc(-c3ccccc3)cc(-c3ccccc3)n2)cc1. The van der Waals surface area contributed by atoms with Gasteiger partial charge >= 0.3 is 0 Å². The summed E-state index contributed by atoms with van der Waals surface area (Å²) in [6, 6.07) is 61.6. The van der Waals surface area contributed by atoms with Crippen LogP contribution >= 0.6 is 11.3 Å². The van der Waals surface area contributed by atoms with Crippen molar-refractivity contribution >= 4 is 53.3 Å². The number of thiophene rings is 1. The van der Waals surface area contributed by atoms with Gasteiger partial charge in [-0.05, 0) is 69.8 Å². The summed E-state index contributed by atoms with van der Waals surface area (Å²) in [7, 11) is 0. The molecule has 1 aliphatic rings. The number of rotatable bonds is 4. The van der Waals surface area contributed by atoms with Gasteiger partial charge in [-0.1, -0.05) is 147 Å². The van der Waals surface area contributed by atoms with Crippen LogP contribution in [0.25, 0.3) is 92.4 Å². The minimum atomic E-state index is -0.121.